The number of rotatable bonds is 9. The van der Waals surface area contributed by atoms with Crippen molar-refractivity contribution < 1.29 is 19.1 Å². The van der Waals surface area contributed by atoms with Crippen LogP contribution in [-0.2, 0) is 4.79 Å². The number of hydrogen-bond donors (Lipinski definition) is 2. The Morgan fingerprint density at radius 3 is 2.24 bits per heavy atom. The lowest BCUT2D eigenvalue weighted by atomic mass is 10.1. The van der Waals surface area contributed by atoms with Crippen molar-refractivity contribution in [2.75, 3.05) is 25.1 Å². The quantitative estimate of drug-likeness (QED) is 0.665. The highest BCUT2D eigenvalue weighted by molar-refractivity contribution is 6.00. The van der Waals surface area contributed by atoms with E-state index < -0.39 is 0 Å². The van der Waals surface area contributed by atoms with Gasteiger partial charge < -0.3 is 20.1 Å². The maximum Gasteiger partial charge on any atom is 0.251 e. The van der Waals surface area contributed by atoms with E-state index in [0.717, 1.165) is 28.8 Å². The standard InChI is InChI=1S/C23H30N2O4/c1-6-10-29-19-9-8-18(13-20(19)28-7-2)23(27)24-14-21(26)25-22-16(4)11-15(3)12-17(22)5/h8-9,11-13H,6-7,10,14H2,1-5H3,(H,24,27)(H,25,26). The Kier molecular flexibility index (Phi) is 8.07. The molecule has 0 spiro atoms. The van der Waals surface area contributed by atoms with Crippen molar-refractivity contribution >= 4 is 17.5 Å². The van der Waals surface area contributed by atoms with Crippen LogP contribution in [0.25, 0.3) is 0 Å². The third-order valence-corrected chi connectivity index (χ3v) is 4.32. The van der Waals surface area contributed by atoms with Crippen molar-refractivity contribution in [3.63, 3.8) is 0 Å². The highest BCUT2D eigenvalue weighted by atomic mass is 16.5. The van der Waals surface area contributed by atoms with Gasteiger partial charge >= 0.3 is 0 Å². The zero-order chi connectivity index (χ0) is 21.4. The number of carbonyl (C=O) groups excluding carboxylic acids is 2. The summed E-state index contributed by atoms with van der Waals surface area (Å²) in [7, 11) is 0. The van der Waals surface area contributed by atoms with Gasteiger partial charge in [-0.3, -0.25) is 9.59 Å². The van der Waals surface area contributed by atoms with Crippen molar-refractivity contribution in [1.29, 1.82) is 0 Å². The van der Waals surface area contributed by atoms with Gasteiger partial charge in [-0.15, -0.1) is 0 Å². The van der Waals surface area contributed by atoms with E-state index in [4.69, 9.17) is 9.47 Å². The Morgan fingerprint density at radius 2 is 1.62 bits per heavy atom. The molecule has 0 saturated heterocycles. The molecule has 0 unspecified atom stereocenters. The fourth-order valence-corrected chi connectivity index (χ4v) is 3.07. The Labute approximate surface area is 172 Å². The minimum Gasteiger partial charge on any atom is -0.490 e. The van der Waals surface area contributed by atoms with Crippen molar-refractivity contribution in [2.45, 2.75) is 41.0 Å². The van der Waals surface area contributed by atoms with E-state index in [0.29, 0.717) is 30.3 Å². The molecule has 0 saturated carbocycles. The Morgan fingerprint density at radius 1 is 0.931 bits per heavy atom. The van der Waals surface area contributed by atoms with Crippen LogP contribution in [0.3, 0.4) is 0 Å². The second-order valence-corrected chi connectivity index (χ2v) is 6.95. The maximum atomic E-state index is 12.5. The first-order valence-electron chi connectivity index (χ1n) is 9.91. The molecular weight excluding hydrogens is 368 g/mol. The summed E-state index contributed by atoms with van der Waals surface area (Å²) in [5.41, 5.74) is 4.32. The number of amides is 2. The number of anilines is 1. The van der Waals surface area contributed by atoms with Crippen LogP contribution in [0.2, 0.25) is 0 Å². The molecule has 0 heterocycles. The van der Waals surface area contributed by atoms with E-state index in [1.165, 1.54) is 0 Å². The lowest BCUT2D eigenvalue weighted by molar-refractivity contribution is -0.115. The number of ether oxygens (including phenoxy) is 2. The van der Waals surface area contributed by atoms with Crippen LogP contribution < -0.4 is 20.1 Å². The number of nitrogens with one attached hydrogen (secondary N) is 2. The zero-order valence-corrected chi connectivity index (χ0v) is 17.8. The molecule has 0 aliphatic carbocycles. The van der Waals surface area contributed by atoms with Gasteiger partial charge in [0.05, 0.1) is 19.8 Å². The summed E-state index contributed by atoms with van der Waals surface area (Å²) >= 11 is 0. The maximum absolute atomic E-state index is 12.5. The van der Waals surface area contributed by atoms with Crippen molar-refractivity contribution in [1.82, 2.24) is 5.32 Å². The highest BCUT2D eigenvalue weighted by Gasteiger charge is 2.14. The van der Waals surface area contributed by atoms with Crippen molar-refractivity contribution in [3.05, 3.63) is 52.6 Å². The molecule has 156 valence electrons. The van der Waals surface area contributed by atoms with E-state index in [1.54, 1.807) is 18.2 Å². The highest BCUT2D eigenvalue weighted by Crippen LogP contribution is 2.28. The topological polar surface area (TPSA) is 76.7 Å². The average Bonchev–Trinajstić information content (AvgIpc) is 2.68. The minimum absolute atomic E-state index is 0.121. The van der Waals surface area contributed by atoms with Gasteiger partial charge in [0.25, 0.3) is 5.91 Å². The van der Waals surface area contributed by atoms with E-state index in [1.807, 2.05) is 46.8 Å². The van der Waals surface area contributed by atoms with Gasteiger partial charge in [0.1, 0.15) is 0 Å². The second-order valence-electron chi connectivity index (χ2n) is 6.95. The van der Waals surface area contributed by atoms with Crippen molar-refractivity contribution in [2.24, 2.45) is 0 Å². The van der Waals surface area contributed by atoms with Gasteiger partial charge in [0.2, 0.25) is 5.91 Å². The predicted molar refractivity (Wildman–Crippen MR) is 115 cm³/mol. The van der Waals surface area contributed by atoms with Gasteiger partial charge in [0, 0.05) is 11.3 Å². The largest absolute Gasteiger partial charge is 0.490 e. The Balaban J connectivity index is 2.01. The summed E-state index contributed by atoms with van der Waals surface area (Å²) in [6.45, 7) is 10.7. The van der Waals surface area contributed by atoms with E-state index in [9.17, 15) is 9.59 Å². The van der Waals surface area contributed by atoms with Gasteiger partial charge in [-0.1, -0.05) is 24.6 Å². The summed E-state index contributed by atoms with van der Waals surface area (Å²) in [4.78, 5) is 24.8. The van der Waals surface area contributed by atoms with Crippen LogP contribution in [0.15, 0.2) is 30.3 Å². The summed E-state index contributed by atoms with van der Waals surface area (Å²) < 4.78 is 11.2. The van der Waals surface area contributed by atoms with Crippen LogP contribution in [0.5, 0.6) is 11.5 Å². The van der Waals surface area contributed by atoms with Gasteiger partial charge in [-0.2, -0.15) is 0 Å². The number of carbonyl (C=O) groups is 2. The monoisotopic (exact) mass is 398 g/mol. The smallest absolute Gasteiger partial charge is 0.251 e. The Bertz CT molecular complexity index is 854. The minimum atomic E-state index is -0.347. The molecule has 29 heavy (non-hydrogen) atoms. The molecular formula is C23H30N2O4. The average molecular weight is 399 g/mol. The first-order valence-corrected chi connectivity index (χ1v) is 9.91. The SMILES string of the molecule is CCCOc1ccc(C(=O)NCC(=O)Nc2c(C)cc(C)cc2C)cc1OCC. The molecule has 0 radical (unpaired) electrons. The molecule has 0 atom stereocenters. The lowest BCUT2D eigenvalue weighted by Gasteiger charge is -2.14. The molecule has 2 aromatic carbocycles. The molecule has 2 rings (SSSR count). The van der Waals surface area contributed by atoms with Gasteiger partial charge in [0.15, 0.2) is 11.5 Å². The van der Waals surface area contributed by atoms with Crippen molar-refractivity contribution in [3.8, 4) is 11.5 Å². The van der Waals surface area contributed by atoms with Gasteiger partial charge in [-0.05, 0) is 63.4 Å². The summed E-state index contributed by atoms with van der Waals surface area (Å²) in [6.07, 6.45) is 0.878. The summed E-state index contributed by atoms with van der Waals surface area (Å²) in [6, 6.07) is 9.04. The molecule has 6 heteroatoms. The van der Waals surface area contributed by atoms with E-state index in [-0.39, 0.29) is 18.4 Å². The molecule has 0 aromatic heterocycles. The number of aryl methyl sites for hydroxylation is 3. The zero-order valence-electron chi connectivity index (χ0n) is 17.8. The first kappa shape index (κ1) is 22.3. The summed E-state index contributed by atoms with van der Waals surface area (Å²) in [5.74, 6) is 0.499. The molecule has 6 nitrogen and oxygen atoms in total. The predicted octanol–water partition coefficient (Wildman–Crippen LogP) is 4.17. The fraction of sp³-hybridized carbons (Fsp3) is 0.391. The normalized spacial score (nSPS) is 10.4. The van der Waals surface area contributed by atoms with E-state index >= 15 is 0 Å². The molecule has 0 aliphatic rings. The number of benzene rings is 2. The third-order valence-electron chi connectivity index (χ3n) is 4.32. The number of hydrogen-bond acceptors (Lipinski definition) is 4. The summed E-state index contributed by atoms with van der Waals surface area (Å²) in [5, 5.41) is 5.53. The molecule has 2 amide bonds. The Hall–Kier alpha value is -3.02. The lowest BCUT2D eigenvalue weighted by Crippen LogP contribution is -2.33. The third kappa shape index (κ3) is 6.24. The van der Waals surface area contributed by atoms with Crippen LogP contribution in [0, 0.1) is 20.8 Å². The van der Waals surface area contributed by atoms with Crippen LogP contribution in [0.1, 0.15) is 47.3 Å². The molecule has 0 bridgehead atoms. The first-order chi connectivity index (χ1) is 13.8. The van der Waals surface area contributed by atoms with Gasteiger partial charge in [-0.25, -0.2) is 0 Å². The fourth-order valence-electron chi connectivity index (χ4n) is 3.07. The van der Waals surface area contributed by atoms with Crippen LogP contribution in [-0.4, -0.2) is 31.6 Å². The second kappa shape index (κ2) is 10.5. The molecule has 2 N–H and O–H groups in total. The van der Waals surface area contributed by atoms with E-state index in [2.05, 4.69) is 10.6 Å². The molecule has 0 aliphatic heterocycles. The van der Waals surface area contributed by atoms with Crippen LogP contribution >= 0.6 is 0 Å². The molecule has 2 aromatic rings. The molecule has 0 fully saturated rings. The van der Waals surface area contributed by atoms with Crippen LogP contribution in [0.4, 0.5) is 5.69 Å².